The number of β-amino-alcohol motifs (C(OH)–C–C–N with tert-alkyl or cyclic N) is 1. The lowest BCUT2D eigenvalue weighted by atomic mass is 9.72. The van der Waals surface area contributed by atoms with Crippen LogP contribution in [0.4, 0.5) is 15.9 Å². The number of aromatic nitrogens is 3. The SMILES string of the molecule is CC.COc1nc(-c2c(C)c(Cl)cc(N)c2C=N)c(F)c2nc(OCC34CCCC3N(C3CCC5(CCO5)CC3)CCC4)nc(N3CCOCC(C)(O)C3)c12. The summed E-state index contributed by atoms with van der Waals surface area (Å²) in [6.07, 6.45) is 12.4. The molecule has 300 valence electrons. The van der Waals surface area contributed by atoms with Crippen LogP contribution in [-0.4, -0.2) is 108 Å². The highest BCUT2D eigenvalue weighted by Crippen LogP contribution is 2.51. The van der Waals surface area contributed by atoms with E-state index in [4.69, 9.17) is 51.7 Å². The number of rotatable bonds is 8. The number of pyridine rings is 1. The van der Waals surface area contributed by atoms with Crippen LogP contribution in [-0.2, 0) is 9.47 Å². The molecule has 1 spiro atoms. The predicted octanol–water partition coefficient (Wildman–Crippen LogP) is 7.11. The molecule has 3 aromatic rings. The molecule has 0 bridgehead atoms. The fourth-order valence-electron chi connectivity index (χ4n) is 9.97. The second-order valence-corrected chi connectivity index (χ2v) is 16.6. The molecule has 5 aliphatic rings. The second-order valence-electron chi connectivity index (χ2n) is 16.2. The van der Waals surface area contributed by atoms with E-state index in [1.807, 2.05) is 18.7 Å². The molecule has 4 N–H and O–H groups in total. The summed E-state index contributed by atoms with van der Waals surface area (Å²) in [6, 6.07) is 2.55. The minimum absolute atomic E-state index is 0.0453. The zero-order valence-electron chi connectivity index (χ0n) is 33.0. The Bertz CT molecular complexity index is 1900. The van der Waals surface area contributed by atoms with E-state index in [-0.39, 0.29) is 69.5 Å². The molecule has 55 heavy (non-hydrogen) atoms. The Hall–Kier alpha value is -3.36. The number of hydrogen-bond acceptors (Lipinski definition) is 12. The van der Waals surface area contributed by atoms with Gasteiger partial charge in [0.15, 0.2) is 5.82 Å². The number of nitrogens with one attached hydrogen (secondary N) is 1. The van der Waals surface area contributed by atoms with Crippen molar-refractivity contribution in [2.45, 2.75) is 115 Å². The fraction of sp³-hybridized carbons (Fsp3) is 0.659. The molecule has 2 aliphatic carbocycles. The summed E-state index contributed by atoms with van der Waals surface area (Å²) in [6.45, 7) is 10.9. The molecule has 8 rings (SSSR count). The smallest absolute Gasteiger partial charge is 0.319 e. The minimum Gasteiger partial charge on any atom is -0.480 e. The maximum absolute atomic E-state index is 17.2. The fourth-order valence-corrected chi connectivity index (χ4v) is 10.2. The average Bonchev–Trinajstić information content (AvgIpc) is 3.52. The van der Waals surface area contributed by atoms with E-state index in [1.54, 1.807) is 19.9 Å². The zero-order valence-corrected chi connectivity index (χ0v) is 33.7. The van der Waals surface area contributed by atoms with Gasteiger partial charge in [0, 0.05) is 52.1 Å². The van der Waals surface area contributed by atoms with Crippen molar-refractivity contribution in [1.82, 2.24) is 19.9 Å². The van der Waals surface area contributed by atoms with Crippen LogP contribution in [0.1, 0.15) is 96.1 Å². The van der Waals surface area contributed by atoms with Crippen LogP contribution in [0.3, 0.4) is 0 Å². The van der Waals surface area contributed by atoms with Crippen LogP contribution in [0.5, 0.6) is 11.9 Å². The maximum Gasteiger partial charge on any atom is 0.319 e. The number of benzene rings is 1. The Kier molecular flexibility index (Phi) is 11.5. The van der Waals surface area contributed by atoms with E-state index >= 15 is 4.39 Å². The Morgan fingerprint density at radius 2 is 1.84 bits per heavy atom. The van der Waals surface area contributed by atoms with Crippen molar-refractivity contribution in [3.63, 3.8) is 0 Å². The number of piperidine rings is 1. The third kappa shape index (κ3) is 7.35. The maximum atomic E-state index is 17.2. The first-order valence-electron chi connectivity index (χ1n) is 20.1. The van der Waals surface area contributed by atoms with Crippen molar-refractivity contribution in [3.05, 3.63) is 28.0 Å². The number of likely N-dealkylation sites (tertiary alicyclic amines) is 1. The van der Waals surface area contributed by atoms with E-state index in [0.29, 0.717) is 48.2 Å². The molecular formula is C41H57ClFN7O5. The average molecular weight is 782 g/mol. The van der Waals surface area contributed by atoms with Crippen molar-refractivity contribution >= 4 is 40.2 Å². The van der Waals surface area contributed by atoms with Crippen LogP contribution in [0, 0.1) is 23.6 Å². The highest BCUT2D eigenvalue weighted by Gasteiger charge is 2.52. The zero-order chi connectivity index (χ0) is 39.1. The third-order valence-corrected chi connectivity index (χ3v) is 13.2. The van der Waals surface area contributed by atoms with E-state index in [2.05, 4.69) is 9.88 Å². The minimum atomic E-state index is -1.20. The number of methoxy groups -OCH3 is 1. The molecular weight excluding hydrogens is 725 g/mol. The Morgan fingerprint density at radius 3 is 2.53 bits per heavy atom. The van der Waals surface area contributed by atoms with Gasteiger partial charge in [0.1, 0.15) is 28.0 Å². The van der Waals surface area contributed by atoms with Crippen LogP contribution < -0.4 is 20.1 Å². The summed E-state index contributed by atoms with van der Waals surface area (Å²) in [5.74, 6) is -0.331. The first-order chi connectivity index (χ1) is 26.5. The van der Waals surface area contributed by atoms with Gasteiger partial charge in [0.2, 0.25) is 5.88 Å². The van der Waals surface area contributed by atoms with Gasteiger partial charge in [0.05, 0.1) is 45.7 Å². The van der Waals surface area contributed by atoms with Crippen molar-refractivity contribution < 1.29 is 28.4 Å². The van der Waals surface area contributed by atoms with Gasteiger partial charge in [-0.15, -0.1) is 0 Å². The summed E-state index contributed by atoms with van der Waals surface area (Å²) < 4.78 is 41.5. The summed E-state index contributed by atoms with van der Waals surface area (Å²) in [4.78, 5) is 19.0. The van der Waals surface area contributed by atoms with E-state index in [1.165, 1.54) is 26.4 Å². The van der Waals surface area contributed by atoms with Crippen molar-refractivity contribution in [2.75, 3.05) is 63.8 Å². The van der Waals surface area contributed by atoms with E-state index in [0.717, 1.165) is 64.3 Å². The number of nitrogens with two attached hydrogens (primary N) is 1. The quantitative estimate of drug-likeness (QED) is 0.158. The molecule has 1 aromatic carbocycles. The summed E-state index contributed by atoms with van der Waals surface area (Å²) in [5.41, 5.74) is 6.30. The van der Waals surface area contributed by atoms with Crippen LogP contribution in [0.15, 0.2) is 6.07 Å². The van der Waals surface area contributed by atoms with Gasteiger partial charge in [-0.1, -0.05) is 31.9 Å². The number of anilines is 2. The van der Waals surface area contributed by atoms with Crippen molar-refractivity contribution in [2.24, 2.45) is 5.41 Å². The molecule has 2 aromatic heterocycles. The van der Waals surface area contributed by atoms with Crippen LogP contribution >= 0.6 is 11.6 Å². The van der Waals surface area contributed by atoms with Gasteiger partial charge in [-0.05, 0) is 89.8 Å². The standard InChI is InChI=1S/C39H51ClFN7O5.C2H6/c1-23-26(40)18-27(43)25(19-42)29(23)32-31(41)33-30(35(44-32)50-3)34(47-15-17-51-21-37(2,49)20-47)46-36(45-33)52-22-38-9-4-6-28(38)48(14-5-10-38)24-7-11-39(12-8-24)13-16-53-39;1-2/h18-19,24,28,42,49H,4-17,20-22,43H2,1-3H3;1-2H3. The van der Waals surface area contributed by atoms with Crippen LogP contribution in [0.25, 0.3) is 22.2 Å². The molecule has 12 nitrogen and oxygen atoms in total. The first kappa shape index (κ1) is 39.9. The molecule has 3 aliphatic heterocycles. The first-order valence-corrected chi connectivity index (χ1v) is 20.5. The van der Waals surface area contributed by atoms with Gasteiger partial charge in [-0.2, -0.15) is 9.97 Å². The lowest BCUT2D eigenvalue weighted by Gasteiger charge is -2.53. The van der Waals surface area contributed by atoms with E-state index in [9.17, 15) is 5.11 Å². The Morgan fingerprint density at radius 1 is 1.09 bits per heavy atom. The van der Waals surface area contributed by atoms with Crippen molar-refractivity contribution in [3.8, 4) is 23.1 Å². The normalized spacial score (nSPS) is 29.6. The number of nitrogens with zero attached hydrogens (tertiary/aromatic N) is 5. The number of ether oxygens (including phenoxy) is 4. The molecule has 5 fully saturated rings. The largest absolute Gasteiger partial charge is 0.480 e. The number of aliphatic hydroxyl groups is 1. The monoisotopic (exact) mass is 781 g/mol. The molecule has 3 unspecified atom stereocenters. The predicted molar refractivity (Wildman–Crippen MR) is 213 cm³/mol. The summed E-state index contributed by atoms with van der Waals surface area (Å²) in [5, 5.41) is 19.9. The third-order valence-electron chi connectivity index (χ3n) is 12.8. The number of halogens is 2. The molecule has 2 saturated carbocycles. The van der Waals surface area contributed by atoms with Gasteiger partial charge in [0.25, 0.3) is 0 Å². The van der Waals surface area contributed by atoms with Crippen molar-refractivity contribution in [1.29, 1.82) is 5.41 Å². The highest BCUT2D eigenvalue weighted by atomic mass is 35.5. The topological polar surface area (TPSA) is 152 Å². The lowest BCUT2D eigenvalue weighted by molar-refractivity contribution is -0.175. The molecule has 3 atom stereocenters. The number of fused-ring (bicyclic) bond motifs is 2. The lowest BCUT2D eigenvalue weighted by Crippen LogP contribution is -2.58. The number of hydrogen-bond donors (Lipinski definition) is 3. The number of nitrogen functional groups attached to an aromatic ring is 1. The molecule has 5 heterocycles. The molecule has 0 amide bonds. The van der Waals surface area contributed by atoms with Crippen LogP contribution in [0.2, 0.25) is 5.02 Å². The van der Waals surface area contributed by atoms with Gasteiger partial charge < -0.3 is 40.1 Å². The van der Waals surface area contributed by atoms with Gasteiger partial charge in [-0.3, -0.25) is 4.90 Å². The molecule has 0 radical (unpaired) electrons. The second kappa shape index (κ2) is 15.9. The summed E-state index contributed by atoms with van der Waals surface area (Å²) >= 11 is 6.54. The summed E-state index contributed by atoms with van der Waals surface area (Å²) in [7, 11) is 1.45. The molecule has 14 heteroatoms. The van der Waals surface area contributed by atoms with Gasteiger partial charge >= 0.3 is 6.01 Å². The van der Waals surface area contributed by atoms with Gasteiger partial charge in [-0.25, -0.2) is 9.37 Å². The Balaban J connectivity index is 0.00000229. The Labute approximate surface area is 328 Å². The highest BCUT2D eigenvalue weighted by molar-refractivity contribution is 6.32. The molecule has 3 saturated heterocycles. The van der Waals surface area contributed by atoms with E-state index < -0.39 is 11.4 Å².